The molecule has 6 nitrogen and oxygen atoms in total. The molecule has 0 N–H and O–H groups in total. The third-order valence-corrected chi connectivity index (χ3v) is 9.16. The first-order valence-electron chi connectivity index (χ1n) is 10.9. The molecule has 0 aliphatic rings. The number of hydrogen-bond acceptors (Lipinski definition) is 5. The summed E-state index contributed by atoms with van der Waals surface area (Å²) in [6, 6.07) is 20.4. The van der Waals surface area contributed by atoms with E-state index in [-0.39, 0.29) is 13.1 Å². The second-order valence-electron chi connectivity index (χ2n) is 8.04. The Kier molecular flexibility index (Phi) is 9.77. The van der Waals surface area contributed by atoms with Gasteiger partial charge >= 0.3 is 0 Å². The molecule has 188 valence electrons. The van der Waals surface area contributed by atoms with Gasteiger partial charge in [0.05, 0.1) is 14.2 Å². The smallest absolute Gasteiger partial charge is 0.220 e. The monoisotopic (exact) mass is 625 g/mol. The third-order valence-electron chi connectivity index (χ3n) is 5.81. The topological polar surface area (TPSA) is 65.1 Å². The van der Waals surface area contributed by atoms with E-state index in [9.17, 15) is 8.42 Å². The van der Waals surface area contributed by atoms with Crippen LogP contribution in [0.5, 0.6) is 11.5 Å². The highest BCUT2D eigenvalue weighted by atomic mass is 79.9. The standard InChI is InChI=1S/C26H29Br2NO5S/c1-18(26(34-4)24-14-9-21(27)15-25(24)28)35(30,31)29(16-19-5-10-22(32-2)11-6-19)17-20-7-12-23(33-3)13-8-20/h5-15,18,26H,16-17H2,1-4H3. The number of benzene rings is 3. The van der Waals surface area contributed by atoms with Gasteiger partial charge in [-0.25, -0.2) is 8.42 Å². The second kappa shape index (κ2) is 12.4. The first-order chi connectivity index (χ1) is 16.7. The molecule has 3 aromatic carbocycles. The minimum atomic E-state index is -3.80. The van der Waals surface area contributed by atoms with Gasteiger partial charge in [0.1, 0.15) is 22.9 Å². The van der Waals surface area contributed by atoms with Gasteiger partial charge in [-0.05, 0) is 60.0 Å². The first kappa shape index (κ1) is 27.7. The Morgan fingerprint density at radius 3 is 1.69 bits per heavy atom. The largest absolute Gasteiger partial charge is 0.497 e. The molecular formula is C26H29Br2NO5S. The molecule has 0 aromatic heterocycles. The molecule has 35 heavy (non-hydrogen) atoms. The zero-order valence-corrected chi connectivity index (χ0v) is 24.1. The summed E-state index contributed by atoms with van der Waals surface area (Å²) < 4.78 is 47.4. The average molecular weight is 627 g/mol. The van der Waals surface area contributed by atoms with Crippen molar-refractivity contribution in [2.75, 3.05) is 21.3 Å². The quantitative estimate of drug-likeness (QED) is 0.249. The molecule has 0 bridgehead atoms. The van der Waals surface area contributed by atoms with Crippen LogP contribution in [0.2, 0.25) is 0 Å². The van der Waals surface area contributed by atoms with Crippen molar-refractivity contribution in [3.63, 3.8) is 0 Å². The lowest BCUT2D eigenvalue weighted by atomic mass is 10.1. The van der Waals surface area contributed by atoms with E-state index in [1.165, 1.54) is 11.4 Å². The fourth-order valence-electron chi connectivity index (χ4n) is 3.80. The maximum absolute atomic E-state index is 14.0. The van der Waals surface area contributed by atoms with Crippen molar-refractivity contribution in [1.29, 1.82) is 0 Å². The Bertz CT molecular complexity index is 1170. The maximum Gasteiger partial charge on any atom is 0.220 e. The van der Waals surface area contributed by atoms with E-state index < -0.39 is 21.4 Å². The van der Waals surface area contributed by atoms with Gasteiger partial charge in [0.2, 0.25) is 10.0 Å². The fourth-order valence-corrected chi connectivity index (χ4v) is 6.77. The van der Waals surface area contributed by atoms with E-state index >= 15 is 0 Å². The molecule has 2 atom stereocenters. The fraction of sp³-hybridized carbons (Fsp3) is 0.308. The van der Waals surface area contributed by atoms with Crippen LogP contribution in [0.3, 0.4) is 0 Å². The molecule has 0 radical (unpaired) electrons. The van der Waals surface area contributed by atoms with Gasteiger partial charge in [-0.3, -0.25) is 0 Å². The summed E-state index contributed by atoms with van der Waals surface area (Å²) in [4.78, 5) is 0. The highest BCUT2D eigenvalue weighted by Gasteiger charge is 2.36. The normalized spacial score (nSPS) is 13.5. The van der Waals surface area contributed by atoms with Crippen LogP contribution in [0, 0.1) is 0 Å². The van der Waals surface area contributed by atoms with E-state index in [1.54, 1.807) is 21.1 Å². The van der Waals surface area contributed by atoms with E-state index in [0.29, 0.717) is 11.5 Å². The lowest BCUT2D eigenvalue weighted by Gasteiger charge is -2.30. The Labute approximate surface area is 224 Å². The van der Waals surface area contributed by atoms with Gasteiger partial charge < -0.3 is 14.2 Å². The van der Waals surface area contributed by atoms with Crippen molar-refractivity contribution in [3.8, 4) is 11.5 Å². The average Bonchev–Trinajstić information content (AvgIpc) is 2.86. The minimum absolute atomic E-state index is 0.209. The van der Waals surface area contributed by atoms with Gasteiger partial charge in [-0.2, -0.15) is 4.31 Å². The molecular weight excluding hydrogens is 598 g/mol. The Balaban J connectivity index is 1.97. The van der Waals surface area contributed by atoms with E-state index in [4.69, 9.17) is 14.2 Å². The summed E-state index contributed by atoms with van der Waals surface area (Å²) in [5.41, 5.74) is 2.48. The number of methoxy groups -OCH3 is 3. The van der Waals surface area contributed by atoms with Crippen LogP contribution in [0.25, 0.3) is 0 Å². The van der Waals surface area contributed by atoms with Gasteiger partial charge in [-0.1, -0.05) is 62.2 Å². The summed E-state index contributed by atoms with van der Waals surface area (Å²) in [5, 5.41) is -0.846. The van der Waals surface area contributed by atoms with Crippen LogP contribution >= 0.6 is 31.9 Å². The van der Waals surface area contributed by atoms with Crippen LogP contribution in [0.15, 0.2) is 75.7 Å². The van der Waals surface area contributed by atoms with E-state index in [2.05, 4.69) is 31.9 Å². The Hall–Kier alpha value is -1.91. The molecule has 2 unspecified atom stereocenters. The van der Waals surface area contributed by atoms with Gasteiger partial charge in [0.15, 0.2) is 0 Å². The zero-order chi connectivity index (χ0) is 25.6. The lowest BCUT2D eigenvalue weighted by Crippen LogP contribution is -2.40. The van der Waals surface area contributed by atoms with Crippen molar-refractivity contribution in [1.82, 2.24) is 4.31 Å². The van der Waals surface area contributed by atoms with Crippen molar-refractivity contribution in [2.45, 2.75) is 31.4 Å². The number of sulfonamides is 1. The van der Waals surface area contributed by atoms with Crippen molar-refractivity contribution < 1.29 is 22.6 Å². The molecule has 0 saturated carbocycles. The molecule has 9 heteroatoms. The molecule has 0 saturated heterocycles. The summed E-state index contributed by atoms with van der Waals surface area (Å²) in [5.74, 6) is 1.43. The number of halogens is 2. The van der Waals surface area contributed by atoms with Gasteiger partial charge in [0, 0.05) is 29.1 Å². The number of rotatable bonds is 11. The number of nitrogens with zero attached hydrogens (tertiary/aromatic N) is 1. The summed E-state index contributed by atoms with van der Waals surface area (Å²) in [7, 11) is 0.927. The second-order valence-corrected chi connectivity index (χ2v) is 12.1. The van der Waals surface area contributed by atoms with Crippen LogP contribution in [0.1, 0.15) is 29.7 Å². The highest BCUT2D eigenvalue weighted by molar-refractivity contribution is 9.11. The van der Waals surface area contributed by atoms with Crippen molar-refractivity contribution >= 4 is 41.9 Å². The van der Waals surface area contributed by atoms with Gasteiger partial charge in [-0.15, -0.1) is 0 Å². The van der Waals surface area contributed by atoms with Crippen LogP contribution < -0.4 is 9.47 Å². The SMILES string of the molecule is COc1ccc(CN(Cc2ccc(OC)cc2)S(=O)(=O)C(C)C(OC)c2ccc(Br)cc2Br)cc1. The summed E-state index contributed by atoms with van der Waals surface area (Å²) in [6.07, 6.45) is -0.670. The van der Waals surface area contributed by atoms with E-state index in [1.807, 2.05) is 66.7 Å². The van der Waals surface area contributed by atoms with Crippen LogP contribution in [0.4, 0.5) is 0 Å². The molecule has 3 rings (SSSR count). The molecule has 0 aliphatic heterocycles. The number of ether oxygens (including phenoxy) is 3. The lowest BCUT2D eigenvalue weighted by molar-refractivity contribution is 0.0998. The molecule has 0 spiro atoms. The first-order valence-corrected chi connectivity index (χ1v) is 14.0. The van der Waals surface area contributed by atoms with E-state index in [0.717, 1.165) is 25.6 Å². The van der Waals surface area contributed by atoms with Crippen molar-refractivity contribution in [3.05, 3.63) is 92.4 Å². The predicted molar refractivity (Wildman–Crippen MR) is 145 cm³/mol. The van der Waals surface area contributed by atoms with Crippen molar-refractivity contribution in [2.24, 2.45) is 0 Å². The van der Waals surface area contributed by atoms with Crippen LogP contribution in [-0.4, -0.2) is 39.3 Å². The molecule has 3 aromatic rings. The molecule has 0 fully saturated rings. The minimum Gasteiger partial charge on any atom is -0.497 e. The molecule has 0 amide bonds. The molecule has 0 heterocycles. The Morgan fingerprint density at radius 1 is 0.800 bits per heavy atom. The van der Waals surface area contributed by atoms with Crippen LogP contribution in [-0.2, 0) is 27.8 Å². The zero-order valence-electron chi connectivity index (χ0n) is 20.1. The highest BCUT2D eigenvalue weighted by Crippen LogP contribution is 2.35. The van der Waals surface area contributed by atoms with Gasteiger partial charge in [0.25, 0.3) is 0 Å². The maximum atomic E-state index is 14.0. The molecule has 0 aliphatic carbocycles. The number of hydrogen-bond donors (Lipinski definition) is 0. The summed E-state index contributed by atoms with van der Waals surface area (Å²) in [6.45, 7) is 2.11. The third kappa shape index (κ3) is 6.86. The Morgan fingerprint density at radius 2 is 1.29 bits per heavy atom. The summed E-state index contributed by atoms with van der Waals surface area (Å²) >= 11 is 7.00. The predicted octanol–water partition coefficient (Wildman–Crippen LogP) is 6.34.